The van der Waals surface area contributed by atoms with Crippen molar-refractivity contribution in [1.29, 1.82) is 0 Å². The third-order valence-electron chi connectivity index (χ3n) is 15.8. The number of hydrazine groups is 1. The van der Waals surface area contributed by atoms with Crippen LogP contribution < -0.4 is 20.9 Å². The molecule has 3 amide bonds. The summed E-state index contributed by atoms with van der Waals surface area (Å²) >= 11 is 3.38. The van der Waals surface area contributed by atoms with Gasteiger partial charge in [0.25, 0.3) is 5.91 Å². The molecular formula is C57H88BrN5O16. The summed E-state index contributed by atoms with van der Waals surface area (Å²) in [6.45, 7) is 17.7. The number of ether oxygens (including phenoxy) is 9. The first-order chi connectivity index (χ1) is 37.0. The highest BCUT2D eigenvalue weighted by Gasteiger charge is 2.54. The summed E-state index contributed by atoms with van der Waals surface area (Å²) < 4.78 is 57.1. The minimum absolute atomic E-state index is 0.0550. The third kappa shape index (κ3) is 17.3. The van der Waals surface area contributed by atoms with Crippen LogP contribution in [0, 0.1) is 17.8 Å². The second-order valence-electron chi connectivity index (χ2n) is 22.6. The molecule has 21 nitrogen and oxygen atoms in total. The summed E-state index contributed by atoms with van der Waals surface area (Å²) in [5.41, 5.74) is 1.15. The molecule has 0 aromatic heterocycles. The zero-order valence-electron chi connectivity index (χ0n) is 48.6. The lowest BCUT2D eigenvalue weighted by Crippen LogP contribution is -2.61. The van der Waals surface area contributed by atoms with E-state index >= 15 is 0 Å². The van der Waals surface area contributed by atoms with E-state index in [1.165, 1.54) is 20.1 Å². The molecule has 3 fully saturated rings. The van der Waals surface area contributed by atoms with E-state index in [9.17, 15) is 34.5 Å². The number of cyclic esters (lactones) is 1. The number of carbonyl (C=O) groups excluding carboxylic acids is 4. The number of nitrogens with one attached hydrogen (secondary N) is 3. The maximum Gasteiger partial charge on any atom is 0.426 e. The molecule has 79 heavy (non-hydrogen) atoms. The number of alkyl carbamates (subject to hydrolysis) is 1. The molecule has 0 bridgehead atoms. The Hall–Kier alpha value is -4.46. The summed E-state index contributed by atoms with van der Waals surface area (Å²) in [6, 6.07) is 13.4. The molecule has 0 saturated carbocycles. The number of likely N-dealkylation sites (N-methyl/N-ethyl adjacent to an activating group) is 2. The van der Waals surface area contributed by atoms with Crippen molar-refractivity contribution in [1.82, 2.24) is 26.0 Å². The van der Waals surface area contributed by atoms with Crippen LogP contribution in [-0.2, 0) is 54.0 Å². The minimum atomic E-state index is -1.98. The van der Waals surface area contributed by atoms with Gasteiger partial charge in [-0.1, -0.05) is 61.0 Å². The van der Waals surface area contributed by atoms with Crippen molar-refractivity contribution in [2.45, 2.75) is 192 Å². The van der Waals surface area contributed by atoms with Gasteiger partial charge in [-0.3, -0.25) is 19.9 Å². The Balaban J connectivity index is 1.48. The SMILES string of the molecule is CC[C@H]1OC(=O)[C@@H](C)[C@H](O[C@@H]2C[C@](C)(OC)[C@H](OC(=O)NNC(=O)/C=C/c3ccc(Br)cc3)[C@@H](C)O2)[C@H](C)[C@H](O[C@H]2O[C@@H](C)C[C@@H](N(C)C)[C@@H]2O)[C@@](C)(O)C[C@H](C)CN(C)[C@@H](C)[C@H](OC(=O)NCc2ccc(OC)cc2)[C@@]1(C)O. The smallest absolute Gasteiger partial charge is 0.426 e. The number of hydrogen-bond acceptors (Lipinski definition) is 18. The fourth-order valence-corrected chi connectivity index (χ4v) is 11.5. The second-order valence-corrected chi connectivity index (χ2v) is 23.5. The minimum Gasteiger partial charge on any atom is -0.497 e. The zero-order chi connectivity index (χ0) is 58.7. The van der Waals surface area contributed by atoms with Crippen LogP contribution in [0.1, 0.15) is 106 Å². The molecule has 0 unspecified atom stereocenters. The number of methoxy groups -OCH3 is 2. The predicted molar refractivity (Wildman–Crippen MR) is 297 cm³/mol. The first-order valence-electron chi connectivity index (χ1n) is 27.2. The normalized spacial score (nSPS) is 36.3. The second kappa shape index (κ2) is 28.5. The topological polar surface area (TPSA) is 255 Å². The maximum atomic E-state index is 15.0. The average molecular weight is 1180 g/mol. The third-order valence-corrected chi connectivity index (χ3v) is 16.3. The van der Waals surface area contributed by atoms with Crippen molar-refractivity contribution in [3.05, 3.63) is 70.2 Å². The Kier molecular flexibility index (Phi) is 23.6. The van der Waals surface area contributed by atoms with Crippen molar-refractivity contribution in [2.75, 3.05) is 41.9 Å². The van der Waals surface area contributed by atoms with E-state index in [0.29, 0.717) is 18.7 Å². The van der Waals surface area contributed by atoms with Gasteiger partial charge in [0.15, 0.2) is 24.8 Å². The maximum absolute atomic E-state index is 15.0. The van der Waals surface area contributed by atoms with Gasteiger partial charge in [0.1, 0.15) is 29.2 Å². The number of nitrogens with zero attached hydrogens (tertiary/aromatic N) is 2. The van der Waals surface area contributed by atoms with Crippen molar-refractivity contribution in [2.24, 2.45) is 17.8 Å². The van der Waals surface area contributed by atoms with E-state index in [1.807, 2.05) is 76.0 Å². The fraction of sp³-hybridized carbons (Fsp3) is 0.684. The molecule has 0 spiro atoms. The van der Waals surface area contributed by atoms with Crippen LogP contribution in [0.2, 0.25) is 0 Å². The molecule has 2 aromatic rings. The lowest BCUT2D eigenvalue weighted by molar-refractivity contribution is -0.317. The molecule has 22 heteroatoms. The summed E-state index contributed by atoms with van der Waals surface area (Å²) in [4.78, 5) is 58.4. The van der Waals surface area contributed by atoms with Gasteiger partial charge in [0.2, 0.25) is 0 Å². The Labute approximate surface area is 474 Å². The largest absolute Gasteiger partial charge is 0.497 e. The summed E-state index contributed by atoms with van der Waals surface area (Å²) in [6.07, 6.45) is -8.99. The van der Waals surface area contributed by atoms with Gasteiger partial charge in [-0.2, -0.15) is 0 Å². The van der Waals surface area contributed by atoms with Gasteiger partial charge in [0.05, 0.1) is 43.0 Å². The molecule has 18 atom stereocenters. The Bertz CT molecular complexity index is 2330. The van der Waals surface area contributed by atoms with E-state index in [-0.39, 0.29) is 43.9 Å². The summed E-state index contributed by atoms with van der Waals surface area (Å²) in [5.74, 6) is -3.14. The van der Waals surface area contributed by atoms with E-state index < -0.39 is 114 Å². The molecule has 6 N–H and O–H groups in total. The molecule has 3 saturated heterocycles. The summed E-state index contributed by atoms with van der Waals surface area (Å²) in [5, 5.41) is 40.3. The van der Waals surface area contributed by atoms with E-state index in [4.69, 9.17) is 42.6 Å². The van der Waals surface area contributed by atoms with Crippen LogP contribution in [0.25, 0.3) is 6.08 Å². The van der Waals surface area contributed by atoms with Crippen molar-refractivity contribution >= 4 is 46.1 Å². The highest BCUT2D eigenvalue weighted by molar-refractivity contribution is 9.10. The highest BCUT2D eigenvalue weighted by Crippen LogP contribution is 2.41. The van der Waals surface area contributed by atoms with Crippen LogP contribution in [0.5, 0.6) is 5.75 Å². The standard InChI is InChI=1S/C57H88BrN5O16/c1-16-43-57(10,70)49(78-53(67)59-30-39-19-24-41(71-14)25-20-39)36(6)63(13)31-32(2)28-55(8,69)48(77-52-46(65)42(62(11)12)27-33(3)73-52)34(4)47(35(5)51(66)75-43)76-45-29-56(9,72-15)50(37(7)74-45)79-54(68)61-60-44(64)26-21-38-17-22-40(58)23-18-38/h17-26,32-37,42-43,45-50,52,65,69-70H,16,27-31H2,1-15H3,(H,59,67)(H,60,64)(H,61,68)/b26-21+/t32-,33-,34-,35-,36-,37+,42+,43+,45+,46-,47+,48-,49-,50+,52+,55-,56-,57-/m0/s1. The summed E-state index contributed by atoms with van der Waals surface area (Å²) in [7, 11) is 8.55. The molecular weight excluding hydrogens is 1090 g/mol. The van der Waals surface area contributed by atoms with Gasteiger partial charge in [-0.25, -0.2) is 15.0 Å². The number of halogens is 1. The van der Waals surface area contributed by atoms with Crippen molar-refractivity contribution < 1.29 is 77.1 Å². The van der Waals surface area contributed by atoms with Crippen LogP contribution in [0.4, 0.5) is 9.59 Å². The number of aliphatic hydroxyl groups is 3. The lowest BCUT2D eigenvalue weighted by Gasteiger charge is -2.49. The highest BCUT2D eigenvalue weighted by atomic mass is 79.9. The molecule has 5 rings (SSSR count). The van der Waals surface area contributed by atoms with Crippen LogP contribution >= 0.6 is 15.9 Å². The average Bonchev–Trinajstić information content (AvgIpc) is 3.44. The molecule has 444 valence electrons. The molecule has 0 aliphatic carbocycles. The van der Waals surface area contributed by atoms with Crippen molar-refractivity contribution in [3.63, 3.8) is 0 Å². The monoisotopic (exact) mass is 1180 g/mol. The number of hydrogen-bond donors (Lipinski definition) is 6. The van der Waals surface area contributed by atoms with Crippen LogP contribution in [0.15, 0.2) is 59.1 Å². The number of esters is 1. The van der Waals surface area contributed by atoms with Crippen LogP contribution in [0.3, 0.4) is 0 Å². The quantitative estimate of drug-likeness (QED) is 0.0542. The van der Waals surface area contributed by atoms with E-state index in [1.54, 1.807) is 79.0 Å². The first-order valence-corrected chi connectivity index (χ1v) is 28.0. The Morgan fingerprint density at radius 3 is 2.13 bits per heavy atom. The van der Waals surface area contributed by atoms with Crippen molar-refractivity contribution in [3.8, 4) is 5.75 Å². The molecule has 3 aliphatic heterocycles. The van der Waals surface area contributed by atoms with Gasteiger partial charge in [-0.05, 0) is 136 Å². The van der Waals surface area contributed by atoms with Gasteiger partial charge >= 0.3 is 18.2 Å². The van der Waals surface area contributed by atoms with Gasteiger partial charge < -0.3 is 68.2 Å². The number of carbonyl (C=O) groups is 4. The number of amides is 3. The van der Waals surface area contributed by atoms with Gasteiger partial charge in [-0.15, -0.1) is 0 Å². The predicted octanol–water partition coefficient (Wildman–Crippen LogP) is 6.08. The zero-order valence-corrected chi connectivity index (χ0v) is 50.2. The Morgan fingerprint density at radius 2 is 1.52 bits per heavy atom. The Morgan fingerprint density at radius 1 is 0.873 bits per heavy atom. The van der Waals surface area contributed by atoms with Gasteiger partial charge in [0, 0.05) is 55.2 Å². The molecule has 0 radical (unpaired) electrons. The molecule has 3 aliphatic rings. The first kappa shape index (κ1) is 65.4. The molecule has 3 heterocycles. The fourth-order valence-electron chi connectivity index (χ4n) is 11.3. The molecule has 2 aromatic carbocycles. The number of benzene rings is 2. The number of aliphatic hydroxyl groups excluding tert-OH is 1. The van der Waals surface area contributed by atoms with E-state index in [0.717, 1.165) is 15.6 Å². The van der Waals surface area contributed by atoms with Crippen LogP contribution in [-0.4, -0.2) is 181 Å². The lowest BCUT2D eigenvalue weighted by atomic mass is 9.77. The van der Waals surface area contributed by atoms with E-state index in [2.05, 4.69) is 32.1 Å². The number of rotatable bonds is 14.